The molecule has 1 aliphatic rings. The van der Waals surface area contributed by atoms with Crippen LogP contribution < -0.4 is 0 Å². The number of ether oxygens (including phenoxy) is 1. The summed E-state index contributed by atoms with van der Waals surface area (Å²) in [6, 6.07) is 12.3. The van der Waals surface area contributed by atoms with Gasteiger partial charge < -0.3 is 9.84 Å². The molecule has 3 heteroatoms. The molecule has 0 spiro atoms. The topological polar surface area (TPSA) is 53.2 Å². The van der Waals surface area contributed by atoms with Gasteiger partial charge in [0.15, 0.2) is 0 Å². The number of rotatable bonds is 4. The van der Waals surface area contributed by atoms with E-state index in [-0.39, 0.29) is 0 Å². The summed E-state index contributed by atoms with van der Waals surface area (Å²) in [5, 5.41) is 19.6. The zero-order valence-electron chi connectivity index (χ0n) is 10.5. The zero-order valence-corrected chi connectivity index (χ0v) is 10.5. The summed E-state index contributed by atoms with van der Waals surface area (Å²) in [7, 11) is 0. The summed E-state index contributed by atoms with van der Waals surface area (Å²) in [5.41, 5.74) is 0.494. The van der Waals surface area contributed by atoms with Crippen LogP contribution in [0.15, 0.2) is 30.3 Å². The lowest BCUT2D eigenvalue weighted by Crippen LogP contribution is -2.41. The van der Waals surface area contributed by atoms with Gasteiger partial charge in [-0.05, 0) is 31.2 Å². The van der Waals surface area contributed by atoms with Crippen molar-refractivity contribution >= 4 is 0 Å². The SMILES string of the molecule is N#CC1(C(O)CCc2ccccc2)CCCOC1. The molecular formula is C15H19NO2. The average molecular weight is 245 g/mol. The number of hydrogen-bond donors (Lipinski definition) is 1. The largest absolute Gasteiger partial charge is 0.391 e. The highest BCUT2D eigenvalue weighted by molar-refractivity contribution is 5.15. The van der Waals surface area contributed by atoms with E-state index in [1.807, 2.05) is 30.3 Å². The standard InChI is InChI=1S/C15H19NO2/c16-11-15(9-4-10-18-12-15)14(17)8-7-13-5-2-1-3-6-13/h1-3,5-6,14,17H,4,7-10,12H2. The Morgan fingerprint density at radius 2 is 2.17 bits per heavy atom. The highest BCUT2D eigenvalue weighted by atomic mass is 16.5. The highest BCUT2D eigenvalue weighted by Crippen LogP contribution is 2.33. The average Bonchev–Trinajstić information content (AvgIpc) is 2.46. The van der Waals surface area contributed by atoms with Crippen LogP contribution in [0.2, 0.25) is 0 Å². The van der Waals surface area contributed by atoms with Crippen LogP contribution in [-0.2, 0) is 11.2 Å². The first-order valence-corrected chi connectivity index (χ1v) is 6.48. The van der Waals surface area contributed by atoms with E-state index < -0.39 is 11.5 Å². The minimum absolute atomic E-state index is 0.361. The molecule has 18 heavy (non-hydrogen) atoms. The molecule has 1 N–H and O–H groups in total. The maximum absolute atomic E-state index is 10.3. The van der Waals surface area contributed by atoms with Crippen molar-refractivity contribution in [2.75, 3.05) is 13.2 Å². The van der Waals surface area contributed by atoms with Crippen molar-refractivity contribution < 1.29 is 9.84 Å². The second-order valence-corrected chi connectivity index (χ2v) is 4.96. The van der Waals surface area contributed by atoms with Crippen LogP contribution in [0.5, 0.6) is 0 Å². The molecule has 0 radical (unpaired) electrons. The fourth-order valence-electron chi connectivity index (χ4n) is 2.47. The second-order valence-electron chi connectivity index (χ2n) is 4.96. The lowest BCUT2D eigenvalue weighted by molar-refractivity contribution is -0.0515. The molecule has 96 valence electrons. The maximum atomic E-state index is 10.3. The van der Waals surface area contributed by atoms with Crippen molar-refractivity contribution in [2.45, 2.75) is 31.8 Å². The first-order chi connectivity index (χ1) is 8.77. The van der Waals surface area contributed by atoms with Crippen molar-refractivity contribution in [2.24, 2.45) is 5.41 Å². The van der Waals surface area contributed by atoms with Gasteiger partial charge in [-0.2, -0.15) is 5.26 Å². The maximum Gasteiger partial charge on any atom is 0.106 e. The van der Waals surface area contributed by atoms with Crippen LogP contribution in [-0.4, -0.2) is 24.4 Å². The Morgan fingerprint density at radius 3 is 2.78 bits per heavy atom. The smallest absolute Gasteiger partial charge is 0.106 e. The van der Waals surface area contributed by atoms with Crippen molar-refractivity contribution in [3.8, 4) is 6.07 Å². The molecular weight excluding hydrogens is 226 g/mol. The van der Waals surface area contributed by atoms with Crippen molar-refractivity contribution in [3.05, 3.63) is 35.9 Å². The summed E-state index contributed by atoms with van der Waals surface area (Å²) >= 11 is 0. The fourth-order valence-corrected chi connectivity index (χ4v) is 2.47. The minimum atomic E-state index is -0.701. The Morgan fingerprint density at radius 1 is 1.39 bits per heavy atom. The molecule has 0 amide bonds. The van der Waals surface area contributed by atoms with Gasteiger partial charge in [0.25, 0.3) is 0 Å². The van der Waals surface area contributed by atoms with Gasteiger partial charge in [0.2, 0.25) is 0 Å². The van der Waals surface area contributed by atoms with Gasteiger partial charge in [-0.15, -0.1) is 0 Å². The van der Waals surface area contributed by atoms with E-state index in [1.165, 1.54) is 5.56 Å². The molecule has 1 aromatic rings. The molecule has 1 aromatic carbocycles. The van der Waals surface area contributed by atoms with Crippen LogP contribution in [0.1, 0.15) is 24.8 Å². The number of aryl methyl sites for hydroxylation is 1. The van der Waals surface area contributed by atoms with E-state index in [1.54, 1.807) is 0 Å². The predicted octanol–water partition coefficient (Wildman–Crippen LogP) is 2.30. The molecule has 1 saturated heterocycles. The summed E-state index contributed by atoms with van der Waals surface area (Å²) in [6.07, 6.45) is 2.39. The molecule has 0 bridgehead atoms. The summed E-state index contributed by atoms with van der Waals surface area (Å²) < 4.78 is 5.37. The van der Waals surface area contributed by atoms with Gasteiger partial charge in [-0.25, -0.2) is 0 Å². The van der Waals surface area contributed by atoms with E-state index in [9.17, 15) is 10.4 Å². The Balaban J connectivity index is 1.94. The summed E-state index contributed by atoms with van der Waals surface area (Å²) in [6.45, 7) is 1.06. The molecule has 2 rings (SSSR count). The summed E-state index contributed by atoms with van der Waals surface area (Å²) in [5.74, 6) is 0. The van der Waals surface area contributed by atoms with Crippen molar-refractivity contribution in [1.29, 1.82) is 5.26 Å². The number of benzene rings is 1. The van der Waals surface area contributed by atoms with Gasteiger partial charge >= 0.3 is 0 Å². The van der Waals surface area contributed by atoms with Crippen LogP contribution in [0, 0.1) is 16.7 Å². The minimum Gasteiger partial charge on any atom is -0.391 e. The highest BCUT2D eigenvalue weighted by Gasteiger charge is 2.39. The van der Waals surface area contributed by atoms with Gasteiger partial charge in [0.1, 0.15) is 5.41 Å². The van der Waals surface area contributed by atoms with E-state index in [0.717, 1.165) is 19.3 Å². The lowest BCUT2D eigenvalue weighted by atomic mass is 9.77. The van der Waals surface area contributed by atoms with Crippen LogP contribution in [0.4, 0.5) is 0 Å². The van der Waals surface area contributed by atoms with Gasteiger partial charge in [-0.3, -0.25) is 0 Å². The molecule has 0 aromatic heterocycles. The van der Waals surface area contributed by atoms with Crippen molar-refractivity contribution in [1.82, 2.24) is 0 Å². The Kier molecular flexibility index (Phi) is 4.35. The molecule has 1 fully saturated rings. The van der Waals surface area contributed by atoms with E-state index in [2.05, 4.69) is 6.07 Å². The lowest BCUT2D eigenvalue weighted by Gasteiger charge is -2.34. The molecule has 2 atom stereocenters. The number of nitriles is 1. The molecule has 3 nitrogen and oxygen atoms in total. The zero-order chi connectivity index (χ0) is 12.8. The summed E-state index contributed by atoms with van der Waals surface area (Å²) in [4.78, 5) is 0. The van der Waals surface area contributed by atoms with Crippen LogP contribution in [0.25, 0.3) is 0 Å². The Hall–Kier alpha value is -1.37. The molecule has 1 aliphatic heterocycles. The third kappa shape index (κ3) is 2.90. The number of aliphatic hydroxyl groups is 1. The second kappa shape index (κ2) is 5.99. The van der Waals surface area contributed by atoms with E-state index in [0.29, 0.717) is 19.6 Å². The normalized spacial score (nSPS) is 25.3. The number of aliphatic hydroxyl groups excluding tert-OH is 1. The number of nitrogens with zero attached hydrogens (tertiary/aromatic N) is 1. The molecule has 0 aliphatic carbocycles. The third-order valence-corrected chi connectivity index (χ3v) is 3.68. The first kappa shape index (κ1) is 13.1. The predicted molar refractivity (Wildman–Crippen MR) is 68.9 cm³/mol. The van der Waals surface area contributed by atoms with E-state index >= 15 is 0 Å². The monoisotopic (exact) mass is 245 g/mol. The number of hydrogen-bond acceptors (Lipinski definition) is 3. The van der Waals surface area contributed by atoms with Gasteiger partial charge in [-0.1, -0.05) is 30.3 Å². The molecule has 2 unspecified atom stereocenters. The van der Waals surface area contributed by atoms with E-state index in [4.69, 9.17) is 4.74 Å². The van der Waals surface area contributed by atoms with Crippen LogP contribution >= 0.6 is 0 Å². The Bertz CT molecular complexity index is 404. The third-order valence-electron chi connectivity index (χ3n) is 3.68. The van der Waals surface area contributed by atoms with Gasteiger partial charge in [0, 0.05) is 6.61 Å². The quantitative estimate of drug-likeness (QED) is 0.885. The first-order valence-electron chi connectivity index (χ1n) is 6.48. The van der Waals surface area contributed by atoms with Gasteiger partial charge in [0.05, 0.1) is 18.8 Å². The van der Waals surface area contributed by atoms with Crippen LogP contribution in [0.3, 0.4) is 0 Å². The van der Waals surface area contributed by atoms with Crippen molar-refractivity contribution in [3.63, 3.8) is 0 Å². The molecule has 1 heterocycles. The fraction of sp³-hybridized carbons (Fsp3) is 0.533. The molecule has 0 saturated carbocycles. The Labute approximate surface area is 108 Å².